The summed E-state index contributed by atoms with van der Waals surface area (Å²) in [5, 5.41) is 11.5. The van der Waals surface area contributed by atoms with E-state index in [2.05, 4.69) is 10.3 Å². The second kappa shape index (κ2) is 6.21. The van der Waals surface area contributed by atoms with Crippen molar-refractivity contribution in [1.29, 1.82) is 5.26 Å². The predicted octanol–water partition coefficient (Wildman–Crippen LogP) is 2.33. The van der Waals surface area contributed by atoms with Gasteiger partial charge in [0, 0.05) is 11.3 Å². The fourth-order valence-corrected chi connectivity index (χ4v) is 1.60. The van der Waals surface area contributed by atoms with Crippen molar-refractivity contribution in [3.8, 4) is 6.07 Å². The second-order valence-corrected chi connectivity index (χ2v) is 4.13. The zero-order chi connectivity index (χ0) is 12.8. The molecule has 0 saturated carbocycles. The molecule has 1 aromatic heterocycles. The van der Waals surface area contributed by atoms with Crippen LogP contribution in [-0.4, -0.2) is 16.9 Å². The molecule has 0 aliphatic heterocycles. The maximum atomic E-state index is 11.8. The number of carbonyl (C=O) groups excluding carboxylic acids is 1. The van der Waals surface area contributed by atoms with Crippen molar-refractivity contribution in [3.05, 3.63) is 28.5 Å². The summed E-state index contributed by atoms with van der Waals surface area (Å²) in [6, 6.07) is 4.62. The molecule has 0 spiro atoms. The highest BCUT2D eigenvalue weighted by atomic mass is 35.5. The van der Waals surface area contributed by atoms with Gasteiger partial charge in [0.25, 0.3) is 5.91 Å². The topological polar surface area (TPSA) is 65.8 Å². The summed E-state index contributed by atoms with van der Waals surface area (Å²) in [6.07, 6.45) is 1.71. The number of nitriles is 1. The average molecular weight is 252 g/mol. The number of rotatable bonds is 4. The first kappa shape index (κ1) is 13.5. The van der Waals surface area contributed by atoms with E-state index < -0.39 is 6.04 Å². The van der Waals surface area contributed by atoms with Gasteiger partial charge in [0.05, 0.1) is 6.07 Å². The van der Waals surface area contributed by atoms with Gasteiger partial charge in [0.2, 0.25) is 0 Å². The van der Waals surface area contributed by atoms with Gasteiger partial charge in [-0.2, -0.15) is 5.26 Å². The standard InChI is InChI=1S/C12H14ClN3O/c1-3-4-10-5-9(6-11(13)16-10)12(17)15-8(2)7-14/h5-6,8H,3-4H2,1-2H3,(H,15,17). The lowest BCUT2D eigenvalue weighted by Crippen LogP contribution is -2.31. The van der Waals surface area contributed by atoms with Crippen LogP contribution in [-0.2, 0) is 6.42 Å². The minimum Gasteiger partial charge on any atom is -0.337 e. The number of amides is 1. The number of halogens is 1. The van der Waals surface area contributed by atoms with Crippen LogP contribution < -0.4 is 5.32 Å². The first-order valence-electron chi connectivity index (χ1n) is 5.43. The molecule has 1 heterocycles. The van der Waals surface area contributed by atoms with Gasteiger partial charge in [-0.05, 0) is 25.5 Å². The summed E-state index contributed by atoms with van der Waals surface area (Å²) in [6.45, 7) is 3.65. The van der Waals surface area contributed by atoms with Crippen LogP contribution in [0.25, 0.3) is 0 Å². The number of aryl methyl sites for hydroxylation is 1. The molecule has 0 radical (unpaired) electrons. The molecule has 0 aliphatic rings. The third kappa shape index (κ3) is 4.04. The molecule has 17 heavy (non-hydrogen) atoms. The number of pyridine rings is 1. The number of hydrogen-bond acceptors (Lipinski definition) is 3. The van der Waals surface area contributed by atoms with Crippen LogP contribution in [0.5, 0.6) is 0 Å². The third-order valence-corrected chi connectivity index (χ3v) is 2.35. The first-order chi connectivity index (χ1) is 8.06. The zero-order valence-electron chi connectivity index (χ0n) is 9.83. The Bertz CT molecular complexity index is 454. The van der Waals surface area contributed by atoms with Crippen molar-refractivity contribution in [3.63, 3.8) is 0 Å². The Morgan fingerprint density at radius 1 is 1.65 bits per heavy atom. The molecule has 1 rings (SSSR count). The van der Waals surface area contributed by atoms with Gasteiger partial charge in [-0.15, -0.1) is 0 Å². The van der Waals surface area contributed by atoms with E-state index in [0.29, 0.717) is 10.7 Å². The molecule has 1 N–H and O–H groups in total. The van der Waals surface area contributed by atoms with Crippen molar-refractivity contribution in [2.45, 2.75) is 32.7 Å². The molecule has 4 nitrogen and oxygen atoms in total. The van der Waals surface area contributed by atoms with Crippen LogP contribution in [0.4, 0.5) is 0 Å². The highest BCUT2D eigenvalue weighted by Crippen LogP contribution is 2.12. The zero-order valence-corrected chi connectivity index (χ0v) is 10.6. The molecular weight excluding hydrogens is 238 g/mol. The lowest BCUT2D eigenvalue weighted by atomic mass is 10.1. The van der Waals surface area contributed by atoms with Gasteiger partial charge in [0.15, 0.2) is 0 Å². The van der Waals surface area contributed by atoms with E-state index in [1.165, 1.54) is 6.07 Å². The summed E-state index contributed by atoms with van der Waals surface area (Å²) >= 11 is 5.84. The second-order valence-electron chi connectivity index (χ2n) is 3.74. The summed E-state index contributed by atoms with van der Waals surface area (Å²) < 4.78 is 0. The highest BCUT2D eigenvalue weighted by molar-refractivity contribution is 6.29. The Balaban J connectivity index is 2.90. The van der Waals surface area contributed by atoms with Crippen molar-refractivity contribution >= 4 is 17.5 Å². The van der Waals surface area contributed by atoms with Gasteiger partial charge in [0.1, 0.15) is 11.2 Å². The molecule has 90 valence electrons. The monoisotopic (exact) mass is 251 g/mol. The fraction of sp³-hybridized carbons (Fsp3) is 0.417. The summed E-state index contributed by atoms with van der Waals surface area (Å²) in [5.41, 5.74) is 1.23. The van der Waals surface area contributed by atoms with Crippen LogP contribution in [0.1, 0.15) is 36.3 Å². The Labute approximate surface area is 106 Å². The van der Waals surface area contributed by atoms with Crippen molar-refractivity contribution in [1.82, 2.24) is 10.3 Å². The van der Waals surface area contributed by atoms with E-state index >= 15 is 0 Å². The molecule has 0 aromatic carbocycles. The average Bonchev–Trinajstić information content (AvgIpc) is 2.28. The predicted molar refractivity (Wildman–Crippen MR) is 65.8 cm³/mol. The number of nitrogens with zero attached hydrogens (tertiary/aromatic N) is 2. The van der Waals surface area contributed by atoms with Crippen LogP contribution in [0, 0.1) is 11.3 Å². The Hall–Kier alpha value is -1.60. The Morgan fingerprint density at radius 3 is 2.94 bits per heavy atom. The highest BCUT2D eigenvalue weighted by Gasteiger charge is 2.11. The minimum absolute atomic E-state index is 0.297. The lowest BCUT2D eigenvalue weighted by molar-refractivity contribution is 0.0947. The smallest absolute Gasteiger partial charge is 0.252 e. The van der Waals surface area contributed by atoms with E-state index in [9.17, 15) is 4.79 Å². The van der Waals surface area contributed by atoms with Gasteiger partial charge in [-0.3, -0.25) is 4.79 Å². The Kier molecular flexibility index (Phi) is 4.92. The maximum Gasteiger partial charge on any atom is 0.252 e. The van der Waals surface area contributed by atoms with Crippen LogP contribution >= 0.6 is 11.6 Å². The molecule has 0 aliphatic carbocycles. The van der Waals surface area contributed by atoms with Gasteiger partial charge < -0.3 is 5.32 Å². The number of aromatic nitrogens is 1. The minimum atomic E-state index is -0.524. The van der Waals surface area contributed by atoms with E-state index in [0.717, 1.165) is 18.5 Å². The first-order valence-corrected chi connectivity index (χ1v) is 5.81. The van der Waals surface area contributed by atoms with Crippen LogP contribution in [0.2, 0.25) is 5.15 Å². The van der Waals surface area contributed by atoms with Gasteiger partial charge in [-0.1, -0.05) is 24.9 Å². The van der Waals surface area contributed by atoms with Crippen LogP contribution in [0.15, 0.2) is 12.1 Å². The van der Waals surface area contributed by atoms with Gasteiger partial charge in [-0.25, -0.2) is 4.98 Å². The van der Waals surface area contributed by atoms with Crippen molar-refractivity contribution in [2.75, 3.05) is 0 Å². The molecule has 1 atom stereocenters. The van der Waals surface area contributed by atoms with Crippen molar-refractivity contribution < 1.29 is 4.79 Å². The molecule has 0 saturated heterocycles. The molecular formula is C12H14ClN3O. The molecule has 1 unspecified atom stereocenters. The van der Waals surface area contributed by atoms with E-state index in [-0.39, 0.29) is 5.91 Å². The number of hydrogen-bond donors (Lipinski definition) is 1. The van der Waals surface area contributed by atoms with Crippen molar-refractivity contribution in [2.24, 2.45) is 0 Å². The van der Waals surface area contributed by atoms with E-state index in [1.54, 1.807) is 13.0 Å². The fourth-order valence-electron chi connectivity index (χ4n) is 1.38. The third-order valence-electron chi connectivity index (χ3n) is 2.16. The van der Waals surface area contributed by atoms with Crippen LogP contribution in [0.3, 0.4) is 0 Å². The molecule has 1 aromatic rings. The number of carbonyl (C=O) groups is 1. The number of nitrogens with one attached hydrogen (secondary N) is 1. The Morgan fingerprint density at radius 2 is 2.35 bits per heavy atom. The summed E-state index contributed by atoms with van der Waals surface area (Å²) in [4.78, 5) is 15.9. The SMILES string of the molecule is CCCc1cc(C(=O)NC(C)C#N)cc(Cl)n1. The molecule has 1 amide bonds. The van der Waals surface area contributed by atoms with Gasteiger partial charge >= 0.3 is 0 Å². The maximum absolute atomic E-state index is 11.8. The largest absolute Gasteiger partial charge is 0.337 e. The lowest BCUT2D eigenvalue weighted by Gasteiger charge is -2.08. The van der Waals surface area contributed by atoms with E-state index in [4.69, 9.17) is 16.9 Å². The van der Waals surface area contributed by atoms with E-state index in [1.807, 2.05) is 13.0 Å². The summed E-state index contributed by atoms with van der Waals surface area (Å²) in [7, 11) is 0. The quantitative estimate of drug-likeness (QED) is 0.836. The molecule has 0 bridgehead atoms. The molecule has 5 heteroatoms. The normalized spacial score (nSPS) is 11.6. The molecule has 0 fully saturated rings. The summed E-state index contributed by atoms with van der Waals surface area (Å²) in [5.74, 6) is -0.305.